The van der Waals surface area contributed by atoms with Gasteiger partial charge in [0, 0.05) is 0 Å². The third-order valence-electron chi connectivity index (χ3n) is 4.33. The van der Waals surface area contributed by atoms with Crippen molar-refractivity contribution in [3.8, 4) is 0 Å². The van der Waals surface area contributed by atoms with Crippen LogP contribution in [0.3, 0.4) is 0 Å². The van der Waals surface area contributed by atoms with Gasteiger partial charge in [0.1, 0.15) is 30.2 Å². The van der Waals surface area contributed by atoms with Crippen molar-refractivity contribution in [3.05, 3.63) is 12.7 Å². The van der Waals surface area contributed by atoms with E-state index in [0.717, 1.165) is 0 Å². The minimum absolute atomic E-state index is 0.232. The Morgan fingerprint density at radius 2 is 2.04 bits per heavy atom. The average molecular weight is 350 g/mol. The van der Waals surface area contributed by atoms with Crippen molar-refractivity contribution in [2.75, 3.05) is 5.73 Å². The summed E-state index contributed by atoms with van der Waals surface area (Å²) in [5.74, 6) is -1.58. The van der Waals surface area contributed by atoms with Crippen LogP contribution in [0.4, 0.5) is 5.82 Å². The molecular weight excluding hydrogens is 332 g/mol. The highest BCUT2D eigenvalue weighted by Crippen LogP contribution is 2.44. The molecule has 0 aliphatic carbocycles. The van der Waals surface area contributed by atoms with Crippen molar-refractivity contribution < 1.29 is 24.1 Å². The number of nitrogens with zero attached hydrogens (tertiary/aromatic N) is 4. The first kappa shape index (κ1) is 16.1. The lowest BCUT2D eigenvalue weighted by atomic mass is 10.1. The number of aliphatic hydroxyl groups is 1. The Labute approximate surface area is 141 Å². The molecule has 1 unspecified atom stereocenters. The van der Waals surface area contributed by atoms with Gasteiger partial charge >= 0.3 is 0 Å². The Bertz CT molecular complexity index is 838. The summed E-state index contributed by atoms with van der Waals surface area (Å²) in [5.41, 5.74) is 11.9. The van der Waals surface area contributed by atoms with Crippen molar-refractivity contribution >= 4 is 22.9 Å². The van der Waals surface area contributed by atoms with Crippen molar-refractivity contribution in [2.45, 2.75) is 50.3 Å². The highest BCUT2D eigenvalue weighted by molar-refractivity contribution is 5.81. The molecule has 2 aliphatic heterocycles. The largest absolute Gasteiger partial charge is 0.382 e. The summed E-state index contributed by atoms with van der Waals surface area (Å²) in [6.07, 6.45) is -1.72. The fourth-order valence-electron chi connectivity index (χ4n) is 3.30. The van der Waals surface area contributed by atoms with Crippen molar-refractivity contribution in [1.29, 1.82) is 0 Å². The molecule has 0 saturated carbocycles. The van der Waals surface area contributed by atoms with Gasteiger partial charge in [-0.2, -0.15) is 0 Å². The number of carbonyl (C=O) groups excluding carboxylic acids is 1. The molecule has 2 fully saturated rings. The molecule has 2 saturated heterocycles. The smallest absolute Gasteiger partial charge is 0.249 e. The monoisotopic (exact) mass is 350 g/mol. The van der Waals surface area contributed by atoms with Crippen LogP contribution in [0.1, 0.15) is 20.1 Å². The van der Waals surface area contributed by atoms with E-state index < -0.39 is 42.3 Å². The molecular formula is C14H18N6O5. The standard InChI is InChI=1S/C14H18N6O5/c1-14(2)24-8-7(6(21)11(16)22)23-13(9(8)25-14)20-4-19-5-10(15)17-3-18-12(5)20/h3-4,6-9,13,21H,1-2H3,(H2,16,22)(H2,15,17,18)/t6?,7-,8-,9-,13-/m1/s1. The van der Waals surface area contributed by atoms with Crippen LogP contribution in [0.5, 0.6) is 0 Å². The molecule has 4 rings (SSSR count). The fourth-order valence-corrected chi connectivity index (χ4v) is 3.30. The maximum Gasteiger partial charge on any atom is 0.249 e. The van der Waals surface area contributed by atoms with Gasteiger partial charge in [-0.1, -0.05) is 0 Å². The van der Waals surface area contributed by atoms with Crippen LogP contribution in [-0.4, -0.2) is 60.7 Å². The summed E-state index contributed by atoms with van der Waals surface area (Å²) >= 11 is 0. The van der Waals surface area contributed by atoms with E-state index in [2.05, 4.69) is 15.0 Å². The fraction of sp³-hybridized carbons (Fsp3) is 0.571. The zero-order valence-corrected chi connectivity index (χ0v) is 13.6. The number of primary amides is 1. The first-order valence-corrected chi connectivity index (χ1v) is 7.70. The molecule has 2 aromatic rings. The number of hydrogen-bond acceptors (Lipinski definition) is 9. The van der Waals surface area contributed by atoms with E-state index in [1.54, 1.807) is 18.4 Å². The lowest BCUT2D eigenvalue weighted by molar-refractivity contribution is -0.207. The molecule has 134 valence electrons. The number of rotatable bonds is 3. The first-order chi connectivity index (χ1) is 11.8. The Morgan fingerprint density at radius 1 is 1.32 bits per heavy atom. The van der Waals surface area contributed by atoms with Crippen LogP contribution in [0.2, 0.25) is 0 Å². The van der Waals surface area contributed by atoms with Crippen molar-refractivity contribution in [1.82, 2.24) is 19.5 Å². The number of fused-ring (bicyclic) bond motifs is 2. The number of aliphatic hydroxyl groups excluding tert-OH is 1. The van der Waals surface area contributed by atoms with Gasteiger partial charge in [0.25, 0.3) is 0 Å². The van der Waals surface area contributed by atoms with Gasteiger partial charge in [-0.05, 0) is 13.8 Å². The predicted molar refractivity (Wildman–Crippen MR) is 82.7 cm³/mol. The zero-order valence-electron chi connectivity index (χ0n) is 13.6. The third kappa shape index (κ3) is 2.43. The first-order valence-electron chi connectivity index (χ1n) is 7.70. The summed E-state index contributed by atoms with van der Waals surface area (Å²) in [5, 5.41) is 10.1. The van der Waals surface area contributed by atoms with Gasteiger partial charge in [-0.15, -0.1) is 0 Å². The van der Waals surface area contributed by atoms with Crippen LogP contribution < -0.4 is 11.5 Å². The zero-order chi connectivity index (χ0) is 17.9. The quantitative estimate of drug-likeness (QED) is 0.609. The molecule has 5 atom stereocenters. The normalized spacial score (nSPS) is 32.0. The van der Waals surface area contributed by atoms with E-state index in [-0.39, 0.29) is 5.82 Å². The number of imidazole rings is 1. The summed E-state index contributed by atoms with van der Waals surface area (Å²) < 4.78 is 19.2. The molecule has 4 heterocycles. The number of aromatic nitrogens is 4. The Balaban J connectivity index is 1.76. The van der Waals surface area contributed by atoms with Gasteiger partial charge < -0.3 is 30.8 Å². The summed E-state index contributed by atoms with van der Waals surface area (Å²) in [6, 6.07) is 0. The van der Waals surface area contributed by atoms with Crippen molar-refractivity contribution in [3.63, 3.8) is 0 Å². The second-order valence-electron chi connectivity index (χ2n) is 6.49. The number of amides is 1. The average Bonchev–Trinajstić information content (AvgIpc) is 3.17. The van der Waals surface area contributed by atoms with Crippen LogP contribution in [0.25, 0.3) is 11.2 Å². The summed E-state index contributed by atoms with van der Waals surface area (Å²) in [7, 11) is 0. The number of nitrogen functional groups attached to an aromatic ring is 1. The molecule has 5 N–H and O–H groups in total. The van der Waals surface area contributed by atoms with Gasteiger partial charge in [0.05, 0.1) is 6.33 Å². The van der Waals surface area contributed by atoms with E-state index in [4.69, 9.17) is 25.7 Å². The Morgan fingerprint density at radius 3 is 2.76 bits per heavy atom. The number of nitrogens with two attached hydrogens (primary N) is 2. The van der Waals surface area contributed by atoms with Crippen LogP contribution in [0.15, 0.2) is 12.7 Å². The molecule has 0 spiro atoms. The highest BCUT2D eigenvalue weighted by atomic mass is 16.8. The molecule has 0 aromatic carbocycles. The second kappa shape index (κ2) is 5.33. The van der Waals surface area contributed by atoms with E-state index >= 15 is 0 Å². The minimum Gasteiger partial charge on any atom is -0.382 e. The van der Waals surface area contributed by atoms with Crippen molar-refractivity contribution in [2.24, 2.45) is 5.73 Å². The lowest BCUT2D eigenvalue weighted by Crippen LogP contribution is -2.45. The maximum atomic E-state index is 11.4. The second-order valence-corrected chi connectivity index (χ2v) is 6.49. The molecule has 0 radical (unpaired) electrons. The minimum atomic E-state index is -1.54. The Hall–Kier alpha value is -2.34. The molecule has 11 heteroatoms. The summed E-state index contributed by atoms with van der Waals surface area (Å²) in [6.45, 7) is 3.48. The molecule has 1 amide bonds. The van der Waals surface area contributed by atoms with E-state index in [1.165, 1.54) is 12.7 Å². The molecule has 25 heavy (non-hydrogen) atoms. The molecule has 0 bridgehead atoms. The van der Waals surface area contributed by atoms with Gasteiger partial charge in [0.2, 0.25) is 5.91 Å². The topological polar surface area (TPSA) is 161 Å². The number of hydrogen-bond donors (Lipinski definition) is 3. The lowest BCUT2D eigenvalue weighted by Gasteiger charge is -2.25. The number of ether oxygens (including phenoxy) is 3. The van der Waals surface area contributed by atoms with Gasteiger partial charge in [-0.25, -0.2) is 15.0 Å². The van der Waals surface area contributed by atoms with E-state index in [0.29, 0.717) is 11.2 Å². The van der Waals surface area contributed by atoms with Gasteiger partial charge in [-0.3, -0.25) is 9.36 Å². The molecule has 2 aromatic heterocycles. The van der Waals surface area contributed by atoms with Gasteiger partial charge in [0.15, 0.2) is 29.6 Å². The Kier molecular flexibility index (Phi) is 3.44. The number of carbonyl (C=O) groups is 1. The molecule has 2 aliphatic rings. The van der Waals surface area contributed by atoms with E-state index in [1.807, 2.05) is 0 Å². The highest BCUT2D eigenvalue weighted by Gasteiger charge is 2.58. The predicted octanol–water partition coefficient (Wildman–Crippen LogP) is -1.33. The maximum absolute atomic E-state index is 11.4. The third-order valence-corrected chi connectivity index (χ3v) is 4.33. The summed E-state index contributed by atoms with van der Waals surface area (Å²) in [4.78, 5) is 23.7. The van der Waals surface area contributed by atoms with Crippen LogP contribution in [0, 0.1) is 0 Å². The SMILES string of the molecule is CC1(C)O[C@@H]2[C@H](O1)[C@@H](C(O)C(N)=O)O[C@H]2n1cnc2c(N)ncnc21. The van der Waals surface area contributed by atoms with E-state index in [9.17, 15) is 9.90 Å². The number of anilines is 1. The molecule has 11 nitrogen and oxygen atoms in total. The van der Waals surface area contributed by atoms with Crippen LogP contribution in [-0.2, 0) is 19.0 Å². The van der Waals surface area contributed by atoms with Crippen LogP contribution >= 0.6 is 0 Å².